The molecule has 0 fully saturated rings. The van der Waals surface area contributed by atoms with E-state index in [1.54, 1.807) is 0 Å². The van der Waals surface area contributed by atoms with Crippen LogP contribution in [0.1, 0.15) is 17.3 Å². The molecule has 0 bridgehead atoms. The summed E-state index contributed by atoms with van der Waals surface area (Å²) < 4.78 is 0. The summed E-state index contributed by atoms with van der Waals surface area (Å²) >= 11 is 0. The number of hydrogen-bond donors (Lipinski definition) is 1. The number of Topliss-reactive ketones (excluding diaryl/α,β-unsaturated/α-hetero) is 1. The van der Waals surface area contributed by atoms with Gasteiger partial charge in [-0.1, -0.05) is 37.3 Å². The Bertz CT molecular complexity index is 256. The van der Waals surface area contributed by atoms with Gasteiger partial charge in [0.1, 0.15) is 0 Å². The first-order valence-electron chi connectivity index (χ1n) is 4.05. The zero-order valence-corrected chi connectivity index (χ0v) is 7.16. The lowest BCUT2D eigenvalue weighted by atomic mass is 10.00. The maximum absolute atomic E-state index is 11.5. The molecule has 1 rings (SSSR count). The van der Waals surface area contributed by atoms with Gasteiger partial charge >= 0.3 is 0 Å². The van der Waals surface area contributed by atoms with Crippen molar-refractivity contribution in [2.75, 3.05) is 6.54 Å². The zero-order valence-electron chi connectivity index (χ0n) is 7.16. The van der Waals surface area contributed by atoms with E-state index in [0.717, 1.165) is 5.56 Å². The minimum atomic E-state index is -0.0765. The second-order valence-electron chi connectivity index (χ2n) is 2.87. The van der Waals surface area contributed by atoms with Gasteiger partial charge in [-0.2, -0.15) is 0 Å². The fourth-order valence-electron chi connectivity index (χ4n) is 0.994. The van der Waals surface area contributed by atoms with Crippen LogP contribution in [0.4, 0.5) is 0 Å². The van der Waals surface area contributed by atoms with Gasteiger partial charge in [-0.25, -0.2) is 0 Å². The summed E-state index contributed by atoms with van der Waals surface area (Å²) in [5.41, 5.74) is 6.14. The predicted molar refractivity (Wildman–Crippen MR) is 49.0 cm³/mol. The number of carbonyl (C=O) groups is 1. The van der Waals surface area contributed by atoms with Gasteiger partial charge < -0.3 is 5.73 Å². The summed E-state index contributed by atoms with van der Waals surface area (Å²) in [5.74, 6) is 0.0468. The monoisotopic (exact) mass is 163 g/mol. The molecule has 2 N–H and O–H groups in total. The van der Waals surface area contributed by atoms with Crippen molar-refractivity contribution < 1.29 is 4.79 Å². The van der Waals surface area contributed by atoms with Crippen LogP contribution in [-0.2, 0) is 0 Å². The Morgan fingerprint density at radius 2 is 2.00 bits per heavy atom. The summed E-state index contributed by atoms with van der Waals surface area (Å²) in [4.78, 5) is 11.5. The van der Waals surface area contributed by atoms with E-state index in [9.17, 15) is 4.79 Å². The van der Waals surface area contributed by atoms with Crippen LogP contribution in [0.3, 0.4) is 0 Å². The summed E-state index contributed by atoms with van der Waals surface area (Å²) in [7, 11) is 0. The third kappa shape index (κ3) is 1.92. The molecule has 0 spiro atoms. The molecular weight excluding hydrogens is 150 g/mol. The highest BCUT2D eigenvalue weighted by Crippen LogP contribution is 2.06. The van der Waals surface area contributed by atoms with E-state index >= 15 is 0 Å². The van der Waals surface area contributed by atoms with E-state index in [-0.39, 0.29) is 11.7 Å². The van der Waals surface area contributed by atoms with Crippen molar-refractivity contribution in [2.24, 2.45) is 11.7 Å². The number of nitrogens with two attached hydrogens (primary N) is 1. The molecule has 0 heterocycles. The van der Waals surface area contributed by atoms with Crippen molar-refractivity contribution in [1.29, 1.82) is 0 Å². The van der Waals surface area contributed by atoms with Crippen LogP contribution in [0, 0.1) is 5.92 Å². The summed E-state index contributed by atoms with van der Waals surface area (Å²) in [6.07, 6.45) is 0. The van der Waals surface area contributed by atoms with E-state index in [1.807, 2.05) is 37.3 Å². The number of rotatable bonds is 3. The third-order valence-corrected chi connectivity index (χ3v) is 1.86. The van der Waals surface area contributed by atoms with Gasteiger partial charge in [0.05, 0.1) is 0 Å². The van der Waals surface area contributed by atoms with Gasteiger partial charge in [-0.3, -0.25) is 4.79 Å². The molecule has 12 heavy (non-hydrogen) atoms. The molecule has 0 saturated carbocycles. The van der Waals surface area contributed by atoms with Crippen molar-refractivity contribution in [3.63, 3.8) is 0 Å². The highest BCUT2D eigenvalue weighted by Gasteiger charge is 2.11. The molecule has 2 nitrogen and oxygen atoms in total. The standard InChI is InChI=1S/C10H13NO/c1-8(7-11)10(12)9-5-3-2-4-6-9/h2-6,8H,7,11H2,1H3/t8-/m0/s1. The largest absolute Gasteiger partial charge is 0.330 e. The Morgan fingerprint density at radius 3 is 2.50 bits per heavy atom. The molecule has 64 valence electrons. The van der Waals surface area contributed by atoms with Crippen molar-refractivity contribution in [3.8, 4) is 0 Å². The lowest BCUT2D eigenvalue weighted by molar-refractivity contribution is 0.0934. The van der Waals surface area contributed by atoms with E-state index in [0.29, 0.717) is 6.54 Å². The SMILES string of the molecule is C[C@@H](CN)C(=O)c1ccccc1. The van der Waals surface area contributed by atoms with Gasteiger partial charge in [0, 0.05) is 18.0 Å². The molecule has 0 unspecified atom stereocenters. The second-order valence-corrected chi connectivity index (χ2v) is 2.87. The zero-order chi connectivity index (χ0) is 8.97. The molecule has 1 atom stereocenters. The third-order valence-electron chi connectivity index (χ3n) is 1.86. The van der Waals surface area contributed by atoms with Crippen LogP contribution in [0.5, 0.6) is 0 Å². The molecule has 0 saturated heterocycles. The Morgan fingerprint density at radius 1 is 1.42 bits per heavy atom. The average Bonchev–Trinajstić information content (AvgIpc) is 2.17. The van der Waals surface area contributed by atoms with Crippen LogP contribution in [-0.4, -0.2) is 12.3 Å². The average molecular weight is 163 g/mol. The summed E-state index contributed by atoms with van der Waals surface area (Å²) in [6.45, 7) is 2.25. The van der Waals surface area contributed by atoms with Crippen LogP contribution in [0.2, 0.25) is 0 Å². The van der Waals surface area contributed by atoms with Crippen molar-refractivity contribution in [2.45, 2.75) is 6.92 Å². The van der Waals surface area contributed by atoms with Crippen LogP contribution in [0.15, 0.2) is 30.3 Å². The first-order chi connectivity index (χ1) is 5.75. The van der Waals surface area contributed by atoms with E-state index < -0.39 is 0 Å². The number of ketones is 1. The topological polar surface area (TPSA) is 43.1 Å². The molecule has 2 heteroatoms. The fraction of sp³-hybridized carbons (Fsp3) is 0.300. The predicted octanol–water partition coefficient (Wildman–Crippen LogP) is 1.46. The maximum Gasteiger partial charge on any atom is 0.166 e. The van der Waals surface area contributed by atoms with Crippen LogP contribution < -0.4 is 5.73 Å². The molecule has 0 amide bonds. The molecule has 1 aromatic carbocycles. The van der Waals surface area contributed by atoms with Crippen molar-refractivity contribution in [1.82, 2.24) is 0 Å². The molecule has 0 aromatic heterocycles. The summed E-state index contributed by atoms with van der Waals surface area (Å²) in [5, 5.41) is 0. The van der Waals surface area contributed by atoms with E-state index in [4.69, 9.17) is 5.73 Å². The Labute approximate surface area is 72.4 Å². The lowest BCUT2D eigenvalue weighted by Gasteiger charge is -2.05. The molecule has 0 aliphatic rings. The van der Waals surface area contributed by atoms with Gasteiger partial charge in [0.2, 0.25) is 0 Å². The summed E-state index contributed by atoms with van der Waals surface area (Å²) in [6, 6.07) is 9.24. The molecule has 0 aliphatic carbocycles. The van der Waals surface area contributed by atoms with E-state index in [1.165, 1.54) is 0 Å². The maximum atomic E-state index is 11.5. The molecular formula is C10H13NO. The molecule has 0 aliphatic heterocycles. The minimum Gasteiger partial charge on any atom is -0.330 e. The first kappa shape index (κ1) is 8.94. The van der Waals surface area contributed by atoms with Crippen LogP contribution >= 0.6 is 0 Å². The van der Waals surface area contributed by atoms with Crippen molar-refractivity contribution >= 4 is 5.78 Å². The Balaban J connectivity index is 2.79. The van der Waals surface area contributed by atoms with Gasteiger partial charge in [-0.15, -0.1) is 0 Å². The quantitative estimate of drug-likeness (QED) is 0.685. The highest BCUT2D eigenvalue weighted by molar-refractivity contribution is 5.97. The van der Waals surface area contributed by atoms with Gasteiger partial charge in [0.15, 0.2) is 5.78 Å². The van der Waals surface area contributed by atoms with Gasteiger partial charge in [-0.05, 0) is 0 Å². The molecule has 0 radical (unpaired) electrons. The normalized spacial score (nSPS) is 12.5. The first-order valence-corrected chi connectivity index (χ1v) is 4.05. The second kappa shape index (κ2) is 4.02. The van der Waals surface area contributed by atoms with Crippen LogP contribution in [0.25, 0.3) is 0 Å². The fourth-order valence-corrected chi connectivity index (χ4v) is 0.994. The van der Waals surface area contributed by atoms with Crippen molar-refractivity contribution in [3.05, 3.63) is 35.9 Å². The Kier molecular flexibility index (Phi) is 3.00. The number of benzene rings is 1. The van der Waals surface area contributed by atoms with E-state index in [2.05, 4.69) is 0 Å². The smallest absolute Gasteiger partial charge is 0.166 e. The number of carbonyl (C=O) groups excluding carboxylic acids is 1. The highest BCUT2D eigenvalue weighted by atomic mass is 16.1. The number of hydrogen-bond acceptors (Lipinski definition) is 2. The Hall–Kier alpha value is -1.15. The lowest BCUT2D eigenvalue weighted by Crippen LogP contribution is -2.20. The van der Waals surface area contributed by atoms with Gasteiger partial charge in [0.25, 0.3) is 0 Å². The minimum absolute atomic E-state index is 0.0765. The molecule has 1 aromatic rings.